The maximum Gasteiger partial charge on any atom is 0.143 e. The number of fused-ring (bicyclic) bond motifs is 9. The molecule has 0 N–H and O–H groups in total. The molecule has 0 bridgehead atoms. The lowest BCUT2D eigenvalue weighted by molar-refractivity contribution is 0.673. The Kier molecular flexibility index (Phi) is 7.75. The first kappa shape index (κ1) is 33.7. The van der Waals surface area contributed by atoms with Crippen molar-refractivity contribution in [3.63, 3.8) is 0 Å². The van der Waals surface area contributed by atoms with Crippen molar-refractivity contribution in [2.45, 2.75) is 0 Å². The van der Waals surface area contributed by atoms with Crippen LogP contribution in [0.3, 0.4) is 0 Å². The second-order valence-corrected chi connectivity index (χ2v) is 16.3. The molecule has 0 saturated carbocycles. The zero-order valence-electron chi connectivity index (χ0n) is 32.0. The number of furan rings is 1. The standard InChI is InChI=1S/C56H35NOS/c1-2-12-40-34-41(23-22-36(40)10-1)37-24-29-43(30-25-37)57(44-31-26-39(27-32-44)46-18-9-21-53-55(46)49-16-5-6-20-52(49)59-53)45-14-7-13-42(35-45)47-17-8-19-51-54(47)50-33-28-38-11-3-4-15-48(38)56(50)58-51/h1-35H. The Bertz CT molecular complexity index is 3560. The van der Waals surface area contributed by atoms with Crippen LogP contribution in [-0.2, 0) is 0 Å². The van der Waals surface area contributed by atoms with Gasteiger partial charge in [0.05, 0.1) is 0 Å². The molecule has 2 aromatic heterocycles. The van der Waals surface area contributed by atoms with Gasteiger partial charge in [-0.25, -0.2) is 0 Å². The summed E-state index contributed by atoms with van der Waals surface area (Å²) in [5.41, 5.74) is 12.2. The highest BCUT2D eigenvalue weighted by Gasteiger charge is 2.19. The molecule has 2 nitrogen and oxygen atoms in total. The molecular formula is C56H35NOS. The number of benzene rings is 10. The van der Waals surface area contributed by atoms with E-state index >= 15 is 0 Å². The molecule has 0 aliphatic carbocycles. The van der Waals surface area contributed by atoms with Gasteiger partial charge in [-0.15, -0.1) is 11.3 Å². The van der Waals surface area contributed by atoms with E-state index in [1.165, 1.54) is 58.6 Å². The summed E-state index contributed by atoms with van der Waals surface area (Å²) >= 11 is 1.86. The topological polar surface area (TPSA) is 16.4 Å². The van der Waals surface area contributed by atoms with Gasteiger partial charge >= 0.3 is 0 Å². The average Bonchev–Trinajstić information content (AvgIpc) is 3.89. The van der Waals surface area contributed by atoms with E-state index < -0.39 is 0 Å². The monoisotopic (exact) mass is 769 g/mol. The summed E-state index contributed by atoms with van der Waals surface area (Å²) in [5, 5.41) is 9.70. The second kappa shape index (κ2) is 13.6. The average molecular weight is 770 g/mol. The summed E-state index contributed by atoms with van der Waals surface area (Å²) in [6.45, 7) is 0. The van der Waals surface area contributed by atoms with E-state index in [1.54, 1.807) is 0 Å². The zero-order chi connectivity index (χ0) is 38.9. The predicted molar refractivity (Wildman–Crippen MR) is 253 cm³/mol. The van der Waals surface area contributed by atoms with Gasteiger partial charge in [-0.2, -0.15) is 0 Å². The third-order valence-electron chi connectivity index (χ3n) is 11.8. The van der Waals surface area contributed by atoms with Gasteiger partial charge in [0.15, 0.2) is 0 Å². The van der Waals surface area contributed by atoms with E-state index in [0.717, 1.165) is 55.5 Å². The fourth-order valence-electron chi connectivity index (χ4n) is 9.03. The van der Waals surface area contributed by atoms with Crippen LogP contribution in [0.2, 0.25) is 0 Å². The second-order valence-electron chi connectivity index (χ2n) is 15.3. The lowest BCUT2D eigenvalue weighted by atomic mass is 9.97. The van der Waals surface area contributed by atoms with Crippen LogP contribution in [-0.4, -0.2) is 0 Å². The highest BCUT2D eigenvalue weighted by atomic mass is 32.1. The van der Waals surface area contributed by atoms with Crippen molar-refractivity contribution in [1.82, 2.24) is 0 Å². The minimum absolute atomic E-state index is 0.893. The van der Waals surface area contributed by atoms with Crippen molar-refractivity contribution in [1.29, 1.82) is 0 Å². The Morgan fingerprint density at radius 3 is 1.80 bits per heavy atom. The third kappa shape index (κ3) is 5.62. The van der Waals surface area contributed by atoms with Crippen molar-refractivity contribution in [2.75, 3.05) is 4.90 Å². The highest BCUT2D eigenvalue weighted by molar-refractivity contribution is 7.25. The zero-order valence-corrected chi connectivity index (χ0v) is 32.8. The van der Waals surface area contributed by atoms with Crippen molar-refractivity contribution < 1.29 is 4.42 Å². The van der Waals surface area contributed by atoms with Gasteiger partial charge in [-0.05, 0) is 116 Å². The van der Waals surface area contributed by atoms with Gasteiger partial charge in [0.1, 0.15) is 11.2 Å². The first-order valence-corrected chi connectivity index (χ1v) is 20.9. The summed E-state index contributed by atoms with van der Waals surface area (Å²) in [7, 11) is 0. The molecule has 0 fully saturated rings. The number of anilines is 3. The molecule has 0 saturated heterocycles. The van der Waals surface area contributed by atoms with Crippen LogP contribution in [0.5, 0.6) is 0 Å². The maximum absolute atomic E-state index is 6.60. The fraction of sp³-hybridized carbons (Fsp3) is 0. The molecule has 0 atom stereocenters. The van der Waals surface area contributed by atoms with Gasteiger partial charge in [-0.3, -0.25) is 0 Å². The summed E-state index contributed by atoms with van der Waals surface area (Å²) in [6, 6.07) is 77.0. The van der Waals surface area contributed by atoms with E-state index in [2.05, 4.69) is 217 Å². The minimum atomic E-state index is 0.893. The summed E-state index contributed by atoms with van der Waals surface area (Å²) in [6.07, 6.45) is 0. The van der Waals surface area contributed by atoms with Crippen molar-refractivity contribution in [3.05, 3.63) is 212 Å². The van der Waals surface area contributed by atoms with E-state index in [-0.39, 0.29) is 0 Å². The predicted octanol–water partition coefficient (Wildman–Crippen LogP) is 16.7. The molecule has 59 heavy (non-hydrogen) atoms. The molecule has 3 heteroatoms. The fourth-order valence-corrected chi connectivity index (χ4v) is 10.2. The van der Waals surface area contributed by atoms with E-state index in [1.807, 2.05) is 11.3 Å². The summed E-state index contributed by atoms with van der Waals surface area (Å²) in [4.78, 5) is 2.37. The molecule has 0 aliphatic rings. The lowest BCUT2D eigenvalue weighted by Crippen LogP contribution is -2.10. The Balaban J connectivity index is 0.993. The Labute approximate surface area is 345 Å². The van der Waals surface area contributed by atoms with E-state index in [0.29, 0.717) is 0 Å². The molecule has 10 aromatic carbocycles. The molecule has 0 aliphatic heterocycles. The minimum Gasteiger partial charge on any atom is -0.455 e. The van der Waals surface area contributed by atoms with E-state index in [9.17, 15) is 0 Å². The normalized spacial score (nSPS) is 11.7. The Hall–Kier alpha value is -7.46. The van der Waals surface area contributed by atoms with Gasteiger partial charge in [0, 0.05) is 53.4 Å². The number of hydrogen-bond donors (Lipinski definition) is 0. The lowest BCUT2D eigenvalue weighted by Gasteiger charge is -2.26. The van der Waals surface area contributed by atoms with Gasteiger partial charge in [0.25, 0.3) is 0 Å². The van der Waals surface area contributed by atoms with Crippen molar-refractivity contribution in [2.24, 2.45) is 0 Å². The molecule has 12 aromatic rings. The van der Waals surface area contributed by atoms with Crippen LogP contribution in [0, 0.1) is 0 Å². The van der Waals surface area contributed by atoms with Crippen molar-refractivity contribution in [3.8, 4) is 33.4 Å². The molecule has 0 unspecified atom stereocenters. The quantitative estimate of drug-likeness (QED) is 0.167. The van der Waals surface area contributed by atoms with E-state index in [4.69, 9.17) is 4.42 Å². The van der Waals surface area contributed by atoms with Crippen LogP contribution in [0.25, 0.3) is 97.0 Å². The van der Waals surface area contributed by atoms with Crippen LogP contribution < -0.4 is 4.90 Å². The maximum atomic E-state index is 6.60. The molecular weight excluding hydrogens is 735 g/mol. The molecule has 2 heterocycles. The number of hydrogen-bond acceptors (Lipinski definition) is 3. The number of thiophene rings is 1. The van der Waals surface area contributed by atoms with Crippen LogP contribution in [0.15, 0.2) is 217 Å². The number of rotatable bonds is 6. The first-order valence-electron chi connectivity index (χ1n) is 20.1. The van der Waals surface area contributed by atoms with Crippen LogP contribution in [0.4, 0.5) is 17.1 Å². The third-order valence-corrected chi connectivity index (χ3v) is 13.0. The first-order chi connectivity index (χ1) is 29.2. The number of nitrogens with zero attached hydrogens (tertiary/aromatic N) is 1. The van der Waals surface area contributed by atoms with Gasteiger partial charge in [0.2, 0.25) is 0 Å². The molecule has 0 radical (unpaired) electrons. The summed E-state index contributed by atoms with van der Waals surface area (Å²) < 4.78 is 9.23. The van der Waals surface area contributed by atoms with Gasteiger partial charge in [-0.1, -0.05) is 146 Å². The SMILES string of the molecule is c1cc(-c2cccc3oc4c5ccccc5ccc4c23)cc(N(c2ccc(-c3ccc4ccccc4c3)cc2)c2ccc(-c3cccc4sc5ccccc5c34)cc2)c1. The smallest absolute Gasteiger partial charge is 0.143 e. The molecule has 276 valence electrons. The Morgan fingerprint density at radius 1 is 0.339 bits per heavy atom. The Morgan fingerprint density at radius 2 is 0.966 bits per heavy atom. The molecule has 12 rings (SSSR count). The molecule has 0 amide bonds. The highest BCUT2D eigenvalue weighted by Crippen LogP contribution is 2.44. The molecule has 0 spiro atoms. The van der Waals surface area contributed by atoms with Crippen LogP contribution >= 0.6 is 11.3 Å². The summed E-state index contributed by atoms with van der Waals surface area (Å²) in [5.74, 6) is 0. The van der Waals surface area contributed by atoms with Crippen LogP contribution in [0.1, 0.15) is 0 Å². The largest absolute Gasteiger partial charge is 0.455 e. The van der Waals surface area contributed by atoms with Gasteiger partial charge < -0.3 is 9.32 Å². The van der Waals surface area contributed by atoms with Crippen molar-refractivity contribution >= 4 is 92.1 Å².